The number of benzene rings is 1. The van der Waals surface area contributed by atoms with Crippen molar-refractivity contribution in [3.63, 3.8) is 0 Å². The van der Waals surface area contributed by atoms with E-state index >= 15 is 0 Å². The zero-order chi connectivity index (χ0) is 11.5. The Balaban J connectivity index is 2.38. The van der Waals surface area contributed by atoms with E-state index < -0.39 is 0 Å². The van der Waals surface area contributed by atoms with E-state index in [1.165, 1.54) is 11.8 Å². The molecule has 82 valence electrons. The first-order chi connectivity index (χ1) is 7.72. The molecule has 0 aliphatic carbocycles. The molecule has 2 rings (SSSR count). The molecule has 0 unspecified atom stereocenters. The van der Waals surface area contributed by atoms with E-state index in [-0.39, 0.29) is 0 Å². The summed E-state index contributed by atoms with van der Waals surface area (Å²) >= 11 is 7.36. The van der Waals surface area contributed by atoms with Gasteiger partial charge in [-0.25, -0.2) is 4.98 Å². The monoisotopic (exact) mass is 252 g/mol. The van der Waals surface area contributed by atoms with Crippen LogP contribution in [0.2, 0.25) is 5.02 Å². The van der Waals surface area contributed by atoms with Crippen LogP contribution in [0.15, 0.2) is 40.6 Å². The van der Waals surface area contributed by atoms with Crippen LogP contribution in [0.1, 0.15) is 10.4 Å². The molecule has 0 saturated heterocycles. The van der Waals surface area contributed by atoms with Gasteiger partial charge in [0.25, 0.3) is 0 Å². The zero-order valence-corrected chi connectivity index (χ0v) is 10.1. The second kappa shape index (κ2) is 4.72. The number of aldehydes is 1. The van der Waals surface area contributed by atoms with Crippen LogP contribution < -0.4 is 0 Å². The zero-order valence-electron chi connectivity index (χ0n) is 8.55. The molecule has 0 fully saturated rings. The largest absolute Gasteiger partial charge is 0.329 e. The Morgan fingerprint density at radius 3 is 2.94 bits per heavy atom. The summed E-state index contributed by atoms with van der Waals surface area (Å²) in [5, 5.41) is 1.29. The van der Waals surface area contributed by atoms with Crippen molar-refractivity contribution in [3.05, 3.63) is 41.2 Å². The van der Waals surface area contributed by atoms with E-state index in [1.54, 1.807) is 12.3 Å². The minimum Gasteiger partial charge on any atom is -0.329 e. The number of imidazole rings is 1. The molecule has 0 aliphatic heterocycles. The highest BCUT2D eigenvalue weighted by molar-refractivity contribution is 7.99. The number of carbonyl (C=O) groups excluding carboxylic acids is 1. The fraction of sp³-hybridized carbons (Fsp3) is 0.0909. The lowest BCUT2D eigenvalue weighted by atomic mass is 10.2. The number of halogens is 1. The van der Waals surface area contributed by atoms with Gasteiger partial charge in [-0.15, -0.1) is 0 Å². The molecule has 0 saturated carbocycles. The summed E-state index contributed by atoms with van der Waals surface area (Å²) in [6.07, 6.45) is 4.34. The number of carbonyl (C=O) groups is 1. The lowest BCUT2D eigenvalue weighted by Crippen LogP contribution is -1.91. The van der Waals surface area contributed by atoms with E-state index in [0.717, 1.165) is 16.3 Å². The van der Waals surface area contributed by atoms with E-state index in [4.69, 9.17) is 11.6 Å². The minimum absolute atomic E-state index is 0.467. The van der Waals surface area contributed by atoms with Gasteiger partial charge in [0, 0.05) is 29.9 Å². The minimum atomic E-state index is 0.467. The van der Waals surface area contributed by atoms with Crippen molar-refractivity contribution < 1.29 is 4.79 Å². The predicted octanol–water partition coefficient (Wildman–Crippen LogP) is 3.04. The van der Waals surface area contributed by atoms with E-state index in [0.29, 0.717) is 10.6 Å². The number of hydrogen-bond acceptors (Lipinski definition) is 3. The topological polar surface area (TPSA) is 34.9 Å². The summed E-state index contributed by atoms with van der Waals surface area (Å²) in [4.78, 5) is 15.9. The van der Waals surface area contributed by atoms with E-state index in [2.05, 4.69) is 4.98 Å². The van der Waals surface area contributed by atoms with Gasteiger partial charge in [-0.1, -0.05) is 29.4 Å². The Labute approximate surface area is 102 Å². The molecule has 2 aromatic rings. The molecular weight excluding hydrogens is 244 g/mol. The summed E-state index contributed by atoms with van der Waals surface area (Å²) in [6, 6.07) is 5.38. The second-order valence-corrected chi connectivity index (χ2v) is 4.61. The number of hydrogen-bond donors (Lipinski definition) is 0. The van der Waals surface area contributed by atoms with Crippen LogP contribution in [0.3, 0.4) is 0 Å². The van der Waals surface area contributed by atoms with Crippen LogP contribution in [-0.4, -0.2) is 15.8 Å². The van der Waals surface area contributed by atoms with Crippen LogP contribution in [0.5, 0.6) is 0 Å². The van der Waals surface area contributed by atoms with Gasteiger partial charge in [0.1, 0.15) is 0 Å². The summed E-state index contributed by atoms with van der Waals surface area (Å²) in [5.41, 5.74) is 0.511. The number of aromatic nitrogens is 2. The summed E-state index contributed by atoms with van der Waals surface area (Å²) in [7, 11) is 1.90. The van der Waals surface area contributed by atoms with Crippen molar-refractivity contribution in [1.29, 1.82) is 0 Å². The molecular formula is C11H9ClN2OS. The number of nitrogens with zero attached hydrogens (tertiary/aromatic N) is 2. The van der Waals surface area contributed by atoms with Crippen LogP contribution >= 0.6 is 23.4 Å². The molecule has 1 heterocycles. The third-order valence-electron chi connectivity index (χ3n) is 2.11. The smallest absolute Gasteiger partial charge is 0.172 e. The third kappa shape index (κ3) is 2.13. The van der Waals surface area contributed by atoms with E-state index in [1.807, 2.05) is 29.9 Å². The molecule has 5 heteroatoms. The molecule has 3 nitrogen and oxygen atoms in total. The first kappa shape index (κ1) is 11.2. The van der Waals surface area contributed by atoms with Gasteiger partial charge >= 0.3 is 0 Å². The van der Waals surface area contributed by atoms with Gasteiger partial charge in [0.2, 0.25) is 0 Å². The van der Waals surface area contributed by atoms with Gasteiger partial charge < -0.3 is 4.57 Å². The molecule has 16 heavy (non-hydrogen) atoms. The van der Waals surface area contributed by atoms with Gasteiger partial charge in [0.15, 0.2) is 11.4 Å². The van der Waals surface area contributed by atoms with Crippen LogP contribution in [0.4, 0.5) is 0 Å². The highest BCUT2D eigenvalue weighted by Gasteiger charge is 2.09. The summed E-state index contributed by atoms with van der Waals surface area (Å²) in [5.74, 6) is 0. The second-order valence-electron chi connectivity index (χ2n) is 3.19. The van der Waals surface area contributed by atoms with Crippen molar-refractivity contribution in [2.45, 2.75) is 10.1 Å². The summed E-state index contributed by atoms with van der Waals surface area (Å²) in [6.45, 7) is 0. The summed E-state index contributed by atoms with van der Waals surface area (Å²) < 4.78 is 1.89. The Bertz CT molecular complexity index is 524. The van der Waals surface area contributed by atoms with Gasteiger partial charge in [-0.05, 0) is 12.1 Å². The highest BCUT2D eigenvalue weighted by Crippen LogP contribution is 2.31. The molecule has 0 amide bonds. The van der Waals surface area contributed by atoms with Crippen molar-refractivity contribution in [1.82, 2.24) is 9.55 Å². The van der Waals surface area contributed by atoms with E-state index in [9.17, 15) is 4.79 Å². The number of rotatable bonds is 3. The molecule has 0 aliphatic rings. The molecule has 0 radical (unpaired) electrons. The average Bonchev–Trinajstić information content (AvgIpc) is 2.65. The molecule has 0 spiro atoms. The van der Waals surface area contributed by atoms with Crippen molar-refractivity contribution in [3.8, 4) is 0 Å². The SMILES string of the molecule is Cn1ccnc1Sc1cccc(Cl)c1C=O. The lowest BCUT2D eigenvalue weighted by molar-refractivity contribution is 0.112. The fourth-order valence-electron chi connectivity index (χ4n) is 1.27. The maximum absolute atomic E-state index is 10.9. The fourth-order valence-corrected chi connectivity index (χ4v) is 2.47. The first-order valence-corrected chi connectivity index (χ1v) is 5.80. The number of aryl methyl sites for hydroxylation is 1. The molecule has 1 aromatic carbocycles. The van der Waals surface area contributed by atoms with Crippen LogP contribution in [0.25, 0.3) is 0 Å². The first-order valence-electron chi connectivity index (χ1n) is 4.61. The van der Waals surface area contributed by atoms with Crippen LogP contribution in [0, 0.1) is 0 Å². The maximum Gasteiger partial charge on any atom is 0.172 e. The molecule has 0 atom stereocenters. The molecule has 0 bridgehead atoms. The predicted molar refractivity (Wildman–Crippen MR) is 64.2 cm³/mol. The third-order valence-corrected chi connectivity index (χ3v) is 3.59. The van der Waals surface area contributed by atoms with Crippen LogP contribution in [-0.2, 0) is 7.05 Å². The molecule has 0 N–H and O–H groups in total. The standard InChI is InChI=1S/C11H9ClN2OS/c1-14-6-5-13-11(14)16-10-4-2-3-9(12)8(10)7-15/h2-7H,1H3. The average molecular weight is 253 g/mol. The Morgan fingerprint density at radius 1 is 1.50 bits per heavy atom. The Morgan fingerprint density at radius 2 is 2.31 bits per heavy atom. The Hall–Kier alpha value is -1.26. The van der Waals surface area contributed by atoms with Crippen molar-refractivity contribution in [2.24, 2.45) is 7.05 Å². The van der Waals surface area contributed by atoms with Gasteiger partial charge in [-0.2, -0.15) is 0 Å². The van der Waals surface area contributed by atoms with Crippen molar-refractivity contribution >= 4 is 29.6 Å². The van der Waals surface area contributed by atoms with Crippen molar-refractivity contribution in [2.75, 3.05) is 0 Å². The quantitative estimate of drug-likeness (QED) is 0.788. The molecule has 1 aromatic heterocycles. The maximum atomic E-state index is 10.9. The van der Waals surface area contributed by atoms with Gasteiger partial charge in [0.05, 0.1) is 5.02 Å². The normalized spacial score (nSPS) is 10.4. The Kier molecular flexibility index (Phi) is 3.31. The highest BCUT2D eigenvalue weighted by atomic mass is 35.5. The van der Waals surface area contributed by atoms with Gasteiger partial charge in [-0.3, -0.25) is 4.79 Å². The lowest BCUT2D eigenvalue weighted by Gasteiger charge is -2.05.